The highest BCUT2D eigenvalue weighted by atomic mass is 16.1. The average molecular weight is 252 g/mol. The van der Waals surface area contributed by atoms with Crippen LogP contribution in [-0.2, 0) is 4.79 Å². The Balaban J connectivity index is 1.64. The van der Waals surface area contributed by atoms with Gasteiger partial charge in [-0.3, -0.25) is 4.79 Å². The Hall–Kier alpha value is -0.570. The maximum absolute atomic E-state index is 12.1. The Labute approximate surface area is 111 Å². The van der Waals surface area contributed by atoms with Gasteiger partial charge in [0.05, 0.1) is 0 Å². The topological polar surface area (TPSA) is 55.1 Å². The fourth-order valence-corrected chi connectivity index (χ4v) is 3.44. The van der Waals surface area contributed by atoms with E-state index in [1.807, 2.05) is 0 Å². The van der Waals surface area contributed by atoms with Crippen LogP contribution in [0.5, 0.6) is 0 Å². The predicted octanol–water partition coefficient (Wildman–Crippen LogP) is 2.45. The van der Waals surface area contributed by atoms with E-state index in [1.54, 1.807) is 0 Å². The summed E-state index contributed by atoms with van der Waals surface area (Å²) >= 11 is 0. The largest absolute Gasteiger partial charge is 0.356 e. The summed E-state index contributed by atoms with van der Waals surface area (Å²) < 4.78 is 0. The minimum atomic E-state index is 0.166. The molecule has 104 valence electrons. The molecule has 2 aliphatic rings. The summed E-state index contributed by atoms with van der Waals surface area (Å²) in [6.45, 7) is 3.06. The number of nitrogens with two attached hydrogens (primary N) is 1. The van der Waals surface area contributed by atoms with Crippen LogP contribution in [0, 0.1) is 17.8 Å². The molecule has 0 radical (unpaired) electrons. The van der Waals surface area contributed by atoms with Crippen LogP contribution in [0.2, 0.25) is 0 Å². The first kappa shape index (κ1) is 13.9. The summed E-state index contributed by atoms with van der Waals surface area (Å²) in [5.74, 6) is 1.85. The molecule has 0 heterocycles. The Kier molecular flexibility index (Phi) is 5.04. The molecule has 2 fully saturated rings. The molecule has 3 heteroatoms. The highest BCUT2D eigenvalue weighted by Gasteiger charge is 2.29. The molecule has 3 N–H and O–H groups in total. The molecule has 2 aliphatic carbocycles. The van der Waals surface area contributed by atoms with Gasteiger partial charge in [0.2, 0.25) is 5.91 Å². The standard InChI is InChI=1S/C15H28N2O/c1-11-6-7-13(10-14(11)16)15(18)17-9-8-12-4-2-3-5-12/h11-14H,2-10,16H2,1H3,(H,17,18). The van der Waals surface area contributed by atoms with Gasteiger partial charge in [0, 0.05) is 18.5 Å². The first-order valence-electron chi connectivity index (χ1n) is 7.70. The number of carbonyl (C=O) groups excluding carboxylic acids is 1. The number of carbonyl (C=O) groups is 1. The van der Waals surface area contributed by atoms with E-state index in [2.05, 4.69) is 12.2 Å². The quantitative estimate of drug-likeness (QED) is 0.807. The van der Waals surface area contributed by atoms with Gasteiger partial charge in [0.1, 0.15) is 0 Å². The molecule has 1 amide bonds. The molecule has 0 saturated heterocycles. The van der Waals surface area contributed by atoms with Crippen molar-refractivity contribution in [3.63, 3.8) is 0 Å². The molecule has 0 aromatic rings. The van der Waals surface area contributed by atoms with Crippen molar-refractivity contribution in [3.8, 4) is 0 Å². The van der Waals surface area contributed by atoms with Gasteiger partial charge in [0.25, 0.3) is 0 Å². The zero-order valence-corrected chi connectivity index (χ0v) is 11.7. The monoisotopic (exact) mass is 252 g/mol. The van der Waals surface area contributed by atoms with E-state index in [0.29, 0.717) is 5.92 Å². The van der Waals surface area contributed by atoms with Crippen molar-refractivity contribution in [2.75, 3.05) is 6.54 Å². The summed E-state index contributed by atoms with van der Waals surface area (Å²) in [5, 5.41) is 3.12. The van der Waals surface area contributed by atoms with Gasteiger partial charge in [-0.1, -0.05) is 32.6 Å². The lowest BCUT2D eigenvalue weighted by Crippen LogP contribution is -2.41. The number of nitrogens with one attached hydrogen (secondary N) is 1. The van der Waals surface area contributed by atoms with E-state index in [4.69, 9.17) is 5.73 Å². The molecule has 0 aromatic carbocycles. The van der Waals surface area contributed by atoms with E-state index in [9.17, 15) is 4.79 Å². The minimum absolute atomic E-state index is 0.166. The zero-order valence-electron chi connectivity index (χ0n) is 11.7. The van der Waals surface area contributed by atoms with Crippen molar-refractivity contribution in [2.45, 2.75) is 64.3 Å². The summed E-state index contributed by atoms with van der Waals surface area (Å²) in [6, 6.07) is 0.212. The molecule has 0 aromatic heterocycles. The third-order valence-corrected chi connectivity index (χ3v) is 4.96. The molecule has 3 atom stereocenters. The summed E-state index contributed by atoms with van der Waals surface area (Å²) in [7, 11) is 0. The van der Waals surface area contributed by atoms with Gasteiger partial charge in [0.15, 0.2) is 0 Å². The molecule has 3 nitrogen and oxygen atoms in total. The number of hydrogen-bond acceptors (Lipinski definition) is 2. The second-order valence-corrected chi connectivity index (χ2v) is 6.38. The number of hydrogen-bond donors (Lipinski definition) is 2. The Morgan fingerprint density at radius 3 is 2.61 bits per heavy atom. The maximum atomic E-state index is 12.1. The van der Waals surface area contributed by atoms with Crippen molar-refractivity contribution in [1.82, 2.24) is 5.32 Å². The third kappa shape index (κ3) is 3.71. The Morgan fingerprint density at radius 2 is 1.94 bits per heavy atom. The van der Waals surface area contributed by atoms with E-state index in [0.717, 1.165) is 31.7 Å². The molecular formula is C15H28N2O. The molecule has 0 spiro atoms. The van der Waals surface area contributed by atoms with Crippen molar-refractivity contribution < 1.29 is 4.79 Å². The normalized spacial score (nSPS) is 33.6. The smallest absolute Gasteiger partial charge is 0.223 e. The summed E-state index contributed by atoms with van der Waals surface area (Å²) in [6.07, 6.45) is 9.65. The second kappa shape index (κ2) is 6.55. The molecule has 0 aliphatic heterocycles. The SMILES string of the molecule is CC1CCC(C(=O)NCCC2CCCC2)CC1N. The molecule has 0 bridgehead atoms. The predicted molar refractivity (Wildman–Crippen MR) is 74.1 cm³/mol. The van der Waals surface area contributed by atoms with Crippen molar-refractivity contribution in [2.24, 2.45) is 23.5 Å². The maximum Gasteiger partial charge on any atom is 0.223 e. The minimum Gasteiger partial charge on any atom is -0.356 e. The molecule has 18 heavy (non-hydrogen) atoms. The Bertz CT molecular complexity index is 274. The number of rotatable bonds is 4. The van der Waals surface area contributed by atoms with Crippen LogP contribution < -0.4 is 11.1 Å². The van der Waals surface area contributed by atoms with Crippen molar-refractivity contribution >= 4 is 5.91 Å². The van der Waals surface area contributed by atoms with Gasteiger partial charge in [-0.2, -0.15) is 0 Å². The fraction of sp³-hybridized carbons (Fsp3) is 0.933. The van der Waals surface area contributed by atoms with Gasteiger partial charge >= 0.3 is 0 Å². The zero-order chi connectivity index (χ0) is 13.0. The Morgan fingerprint density at radius 1 is 1.22 bits per heavy atom. The van der Waals surface area contributed by atoms with Crippen LogP contribution in [0.1, 0.15) is 58.3 Å². The second-order valence-electron chi connectivity index (χ2n) is 6.38. The lowest BCUT2D eigenvalue weighted by atomic mass is 9.79. The van der Waals surface area contributed by atoms with Crippen LogP contribution in [0.25, 0.3) is 0 Å². The third-order valence-electron chi connectivity index (χ3n) is 4.96. The van der Waals surface area contributed by atoms with Gasteiger partial charge < -0.3 is 11.1 Å². The fourth-order valence-electron chi connectivity index (χ4n) is 3.44. The van der Waals surface area contributed by atoms with Crippen LogP contribution in [0.3, 0.4) is 0 Å². The van der Waals surface area contributed by atoms with E-state index in [1.165, 1.54) is 32.1 Å². The number of amides is 1. The summed E-state index contributed by atoms with van der Waals surface area (Å²) in [4.78, 5) is 12.1. The molecule has 2 saturated carbocycles. The average Bonchev–Trinajstić information content (AvgIpc) is 2.85. The van der Waals surface area contributed by atoms with Crippen LogP contribution in [0.4, 0.5) is 0 Å². The van der Waals surface area contributed by atoms with Crippen LogP contribution in [0.15, 0.2) is 0 Å². The first-order chi connectivity index (χ1) is 8.66. The highest BCUT2D eigenvalue weighted by Crippen LogP contribution is 2.28. The highest BCUT2D eigenvalue weighted by molar-refractivity contribution is 5.78. The molecular weight excluding hydrogens is 224 g/mol. The lowest BCUT2D eigenvalue weighted by molar-refractivity contribution is -0.126. The molecule has 3 unspecified atom stereocenters. The van der Waals surface area contributed by atoms with Gasteiger partial charge in [-0.05, 0) is 37.5 Å². The van der Waals surface area contributed by atoms with E-state index >= 15 is 0 Å². The molecule has 2 rings (SSSR count). The van der Waals surface area contributed by atoms with Crippen molar-refractivity contribution in [3.05, 3.63) is 0 Å². The van der Waals surface area contributed by atoms with Gasteiger partial charge in [-0.15, -0.1) is 0 Å². The lowest BCUT2D eigenvalue weighted by Gasteiger charge is -2.31. The van der Waals surface area contributed by atoms with Gasteiger partial charge in [-0.25, -0.2) is 0 Å². The van der Waals surface area contributed by atoms with Crippen molar-refractivity contribution in [1.29, 1.82) is 0 Å². The summed E-state index contributed by atoms with van der Waals surface area (Å²) in [5.41, 5.74) is 6.05. The van der Waals surface area contributed by atoms with Crippen LogP contribution >= 0.6 is 0 Å². The van der Waals surface area contributed by atoms with Crippen LogP contribution in [-0.4, -0.2) is 18.5 Å². The van der Waals surface area contributed by atoms with E-state index < -0.39 is 0 Å². The first-order valence-corrected chi connectivity index (χ1v) is 7.70. The van der Waals surface area contributed by atoms with E-state index in [-0.39, 0.29) is 17.9 Å².